The average molecular weight is 266 g/mol. The normalized spacial score (nSPS) is 11.5. The minimum atomic E-state index is -4.64. The van der Waals surface area contributed by atoms with Crippen LogP contribution in [0.1, 0.15) is 12.0 Å². The second kappa shape index (κ2) is 6.76. The summed E-state index contributed by atoms with van der Waals surface area (Å²) in [5, 5.41) is 8.57. The number of aliphatic hydroxyl groups excluding tert-OH is 1. The van der Waals surface area contributed by atoms with Gasteiger partial charge in [-0.15, -0.1) is 13.2 Å². The maximum absolute atomic E-state index is 11.9. The molecule has 96 valence electrons. The monoisotopic (exact) mass is 266 g/mol. The first-order valence-electron chi connectivity index (χ1n) is 5.04. The summed E-state index contributed by atoms with van der Waals surface area (Å²) in [6.07, 6.45) is -3.92. The Morgan fingerprint density at radius 3 is 2.35 bits per heavy atom. The van der Waals surface area contributed by atoms with Gasteiger partial charge in [0.15, 0.2) is 0 Å². The summed E-state index contributed by atoms with van der Waals surface area (Å²) in [6, 6.07) is 5.81. The van der Waals surface area contributed by atoms with Gasteiger partial charge in [-0.25, -0.2) is 0 Å². The molecule has 0 atom stereocenters. The molecule has 1 aromatic rings. The standard InChI is InChI=1S/C11H13F3O2S/c12-11(13,14)16-10-4-2-9(3-5-10)8-17-7-1-6-15/h2-5,15H,1,6-8H2. The Balaban J connectivity index is 2.39. The molecule has 0 aliphatic rings. The number of halogens is 3. The molecule has 0 amide bonds. The molecule has 0 bridgehead atoms. The Labute approximate surface area is 102 Å². The van der Waals surface area contributed by atoms with Gasteiger partial charge in [0.05, 0.1) is 0 Å². The molecule has 6 heteroatoms. The van der Waals surface area contributed by atoms with E-state index in [0.717, 1.165) is 17.7 Å². The van der Waals surface area contributed by atoms with E-state index in [1.165, 1.54) is 12.1 Å². The van der Waals surface area contributed by atoms with Gasteiger partial charge in [0.2, 0.25) is 0 Å². The smallest absolute Gasteiger partial charge is 0.406 e. The topological polar surface area (TPSA) is 29.5 Å². The number of hydrogen-bond donors (Lipinski definition) is 1. The van der Waals surface area contributed by atoms with Crippen molar-refractivity contribution in [3.05, 3.63) is 29.8 Å². The van der Waals surface area contributed by atoms with E-state index in [2.05, 4.69) is 4.74 Å². The van der Waals surface area contributed by atoms with Crippen LogP contribution in [0, 0.1) is 0 Å². The largest absolute Gasteiger partial charge is 0.573 e. The van der Waals surface area contributed by atoms with E-state index in [1.54, 1.807) is 23.9 Å². The summed E-state index contributed by atoms with van der Waals surface area (Å²) < 4.78 is 39.4. The third-order valence-electron chi connectivity index (χ3n) is 1.87. The van der Waals surface area contributed by atoms with E-state index < -0.39 is 6.36 Å². The maximum Gasteiger partial charge on any atom is 0.573 e. The van der Waals surface area contributed by atoms with Crippen LogP contribution < -0.4 is 4.74 Å². The highest BCUT2D eigenvalue weighted by Crippen LogP contribution is 2.23. The number of ether oxygens (including phenoxy) is 1. The molecule has 0 saturated heterocycles. The Hall–Kier alpha value is -0.880. The second-order valence-electron chi connectivity index (χ2n) is 3.32. The molecule has 0 aliphatic heterocycles. The first-order valence-corrected chi connectivity index (χ1v) is 6.20. The number of benzene rings is 1. The van der Waals surface area contributed by atoms with Crippen LogP contribution in [0.2, 0.25) is 0 Å². The summed E-state index contributed by atoms with van der Waals surface area (Å²) >= 11 is 1.63. The van der Waals surface area contributed by atoms with E-state index in [0.29, 0.717) is 5.75 Å². The Morgan fingerprint density at radius 1 is 1.18 bits per heavy atom. The van der Waals surface area contributed by atoms with Gasteiger partial charge in [0.1, 0.15) is 5.75 Å². The summed E-state index contributed by atoms with van der Waals surface area (Å²) in [4.78, 5) is 0. The fourth-order valence-corrected chi connectivity index (χ4v) is 2.05. The van der Waals surface area contributed by atoms with E-state index in [4.69, 9.17) is 5.11 Å². The van der Waals surface area contributed by atoms with Crippen LogP contribution in [-0.2, 0) is 5.75 Å². The number of aliphatic hydroxyl groups is 1. The van der Waals surface area contributed by atoms with Gasteiger partial charge in [-0.05, 0) is 29.9 Å². The van der Waals surface area contributed by atoms with E-state index >= 15 is 0 Å². The molecule has 1 rings (SSSR count). The van der Waals surface area contributed by atoms with Crippen LogP contribution in [0.15, 0.2) is 24.3 Å². The first-order chi connectivity index (χ1) is 8.01. The lowest BCUT2D eigenvalue weighted by atomic mass is 10.2. The van der Waals surface area contributed by atoms with Crippen LogP contribution in [0.25, 0.3) is 0 Å². The Morgan fingerprint density at radius 2 is 1.82 bits per heavy atom. The highest BCUT2D eigenvalue weighted by atomic mass is 32.2. The summed E-state index contributed by atoms with van der Waals surface area (Å²) in [5.74, 6) is 1.34. The van der Waals surface area contributed by atoms with Crippen molar-refractivity contribution in [2.75, 3.05) is 12.4 Å². The van der Waals surface area contributed by atoms with Crippen molar-refractivity contribution in [3.8, 4) is 5.75 Å². The van der Waals surface area contributed by atoms with Crippen LogP contribution in [-0.4, -0.2) is 23.8 Å². The van der Waals surface area contributed by atoms with Crippen molar-refractivity contribution < 1.29 is 23.0 Å². The SMILES string of the molecule is OCCCSCc1ccc(OC(F)(F)F)cc1. The van der Waals surface area contributed by atoms with Gasteiger partial charge < -0.3 is 9.84 Å². The van der Waals surface area contributed by atoms with Crippen LogP contribution in [0.5, 0.6) is 5.75 Å². The third-order valence-corrected chi connectivity index (χ3v) is 2.99. The van der Waals surface area contributed by atoms with Crippen molar-refractivity contribution in [3.63, 3.8) is 0 Å². The molecule has 0 heterocycles. The molecule has 0 aromatic heterocycles. The molecule has 17 heavy (non-hydrogen) atoms. The zero-order chi connectivity index (χ0) is 12.7. The molecular weight excluding hydrogens is 253 g/mol. The maximum atomic E-state index is 11.9. The van der Waals surface area contributed by atoms with Gasteiger partial charge in [-0.1, -0.05) is 12.1 Å². The molecule has 1 N–H and O–H groups in total. The van der Waals surface area contributed by atoms with Gasteiger partial charge >= 0.3 is 6.36 Å². The average Bonchev–Trinajstić information content (AvgIpc) is 2.25. The van der Waals surface area contributed by atoms with Crippen LogP contribution in [0.3, 0.4) is 0 Å². The molecule has 1 aromatic carbocycles. The van der Waals surface area contributed by atoms with E-state index in [1.807, 2.05) is 0 Å². The quantitative estimate of drug-likeness (QED) is 0.802. The second-order valence-corrected chi connectivity index (χ2v) is 4.43. The van der Waals surface area contributed by atoms with Crippen LogP contribution in [0.4, 0.5) is 13.2 Å². The fourth-order valence-electron chi connectivity index (χ4n) is 1.14. The van der Waals surface area contributed by atoms with Gasteiger partial charge in [-0.3, -0.25) is 0 Å². The first kappa shape index (κ1) is 14.2. The number of rotatable bonds is 6. The summed E-state index contributed by atoms with van der Waals surface area (Å²) in [5.41, 5.74) is 0.933. The fraction of sp³-hybridized carbons (Fsp3) is 0.455. The van der Waals surface area contributed by atoms with Crippen molar-refractivity contribution in [2.45, 2.75) is 18.5 Å². The third kappa shape index (κ3) is 6.43. The number of alkyl halides is 3. The van der Waals surface area contributed by atoms with Crippen molar-refractivity contribution in [1.29, 1.82) is 0 Å². The zero-order valence-electron chi connectivity index (χ0n) is 9.04. The molecule has 0 unspecified atom stereocenters. The van der Waals surface area contributed by atoms with E-state index in [9.17, 15) is 13.2 Å². The minimum Gasteiger partial charge on any atom is -0.406 e. The molecule has 0 radical (unpaired) electrons. The lowest BCUT2D eigenvalue weighted by molar-refractivity contribution is -0.274. The highest BCUT2D eigenvalue weighted by molar-refractivity contribution is 7.98. The molecule has 0 spiro atoms. The number of thioether (sulfide) groups is 1. The van der Waals surface area contributed by atoms with Gasteiger partial charge in [0, 0.05) is 12.4 Å². The Kier molecular flexibility index (Phi) is 5.64. The van der Waals surface area contributed by atoms with Crippen molar-refractivity contribution in [2.24, 2.45) is 0 Å². The lowest BCUT2D eigenvalue weighted by Crippen LogP contribution is -2.16. The predicted molar refractivity (Wildman–Crippen MR) is 61.0 cm³/mol. The van der Waals surface area contributed by atoms with Gasteiger partial charge in [-0.2, -0.15) is 11.8 Å². The molecule has 0 aliphatic carbocycles. The molecule has 0 saturated carbocycles. The summed E-state index contributed by atoms with van der Waals surface area (Å²) in [7, 11) is 0. The minimum absolute atomic E-state index is 0.158. The Bertz CT molecular complexity index is 324. The zero-order valence-corrected chi connectivity index (χ0v) is 9.85. The molecule has 2 nitrogen and oxygen atoms in total. The van der Waals surface area contributed by atoms with E-state index in [-0.39, 0.29) is 12.4 Å². The molecular formula is C11H13F3O2S. The number of hydrogen-bond acceptors (Lipinski definition) is 3. The summed E-state index contributed by atoms with van der Waals surface area (Å²) in [6.45, 7) is 0.158. The van der Waals surface area contributed by atoms with Gasteiger partial charge in [0.25, 0.3) is 0 Å². The highest BCUT2D eigenvalue weighted by Gasteiger charge is 2.30. The molecule has 0 fully saturated rings. The lowest BCUT2D eigenvalue weighted by Gasteiger charge is -2.09. The predicted octanol–water partition coefficient (Wildman–Crippen LogP) is 3.20. The van der Waals surface area contributed by atoms with Crippen molar-refractivity contribution in [1.82, 2.24) is 0 Å². The van der Waals surface area contributed by atoms with Crippen LogP contribution >= 0.6 is 11.8 Å². The van der Waals surface area contributed by atoms with Crippen molar-refractivity contribution >= 4 is 11.8 Å².